The van der Waals surface area contributed by atoms with Gasteiger partial charge in [-0.3, -0.25) is 4.79 Å². The van der Waals surface area contributed by atoms with E-state index in [1.165, 1.54) is 0 Å². The number of aromatic nitrogens is 1. The van der Waals surface area contributed by atoms with E-state index in [2.05, 4.69) is 0 Å². The number of ether oxygens (including phenoxy) is 1. The van der Waals surface area contributed by atoms with Gasteiger partial charge in [0.2, 0.25) is 0 Å². The Morgan fingerprint density at radius 2 is 1.69 bits per heavy atom. The number of phenolic OH excluding ortho intramolecular Hbond substituents is 1. The first-order chi connectivity index (χ1) is 16.9. The number of phenols is 1. The molecule has 2 N–H and O–H groups in total. The van der Waals surface area contributed by atoms with Gasteiger partial charge in [-0.1, -0.05) is 42.5 Å². The zero-order chi connectivity index (χ0) is 24.8. The van der Waals surface area contributed by atoms with Crippen molar-refractivity contribution in [1.29, 1.82) is 0 Å². The fraction of sp³-hybridized carbons (Fsp3) is 0.172. The molecule has 0 aliphatic rings. The minimum Gasteiger partial charge on any atom is -0.508 e. The van der Waals surface area contributed by atoms with E-state index in [9.17, 15) is 14.7 Å². The number of nitrogens with zero attached hydrogens (tertiary/aromatic N) is 1. The molecule has 178 valence electrons. The number of benzene rings is 3. The van der Waals surface area contributed by atoms with Gasteiger partial charge < -0.3 is 19.5 Å². The maximum absolute atomic E-state index is 12.5. The van der Waals surface area contributed by atoms with E-state index < -0.39 is 5.97 Å². The molecule has 4 rings (SSSR count). The summed E-state index contributed by atoms with van der Waals surface area (Å²) in [6.45, 7) is 2.11. The third-order valence-corrected chi connectivity index (χ3v) is 5.72. The first kappa shape index (κ1) is 23.8. The molecule has 0 bridgehead atoms. The molecule has 3 aromatic carbocycles. The van der Waals surface area contributed by atoms with Crippen molar-refractivity contribution in [1.82, 2.24) is 4.57 Å². The molecular weight excluding hydrogens is 442 g/mol. The average molecular weight is 470 g/mol. The maximum Gasteiger partial charge on any atom is 0.341 e. The number of aromatic hydroxyl groups is 1. The quantitative estimate of drug-likeness (QED) is 0.348. The van der Waals surface area contributed by atoms with Crippen LogP contribution in [0.25, 0.3) is 22.3 Å². The summed E-state index contributed by atoms with van der Waals surface area (Å²) in [4.78, 5) is 23.3. The van der Waals surface area contributed by atoms with Gasteiger partial charge in [0.15, 0.2) is 6.61 Å². The topological polar surface area (TPSA) is 88.8 Å². The van der Waals surface area contributed by atoms with Crippen LogP contribution in [0.15, 0.2) is 89.9 Å². The van der Waals surface area contributed by atoms with Crippen molar-refractivity contribution >= 4 is 5.97 Å². The number of hydrogen-bond donors (Lipinski definition) is 2. The zero-order valence-electron chi connectivity index (χ0n) is 19.5. The molecule has 0 amide bonds. The zero-order valence-corrected chi connectivity index (χ0v) is 19.5. The van der Waals surface area contributed by atoms with Crippen molar-refractivity contribution in [2.75, 3.05) is 6.61 Å². The van der Waals surface area contributed by atoms with Crippen LogP contribution in [0.1, 0.15) is 17.5 Å². The van der Waals surface area contributed by atoms with E-state index in [-0.39, 0.29) is 17.9 Å². The molecule has 0 atom stereocenters. The minimum absolute atomic E-state index is 0.0713. The van der Waals surface area contributed by atoms with Crippen LogP contribution in [0.4, 0.5) is 0 Å². The lowest BCUT2D eigenvalue weighted by molar-refractivity contribution is -0.139. The van der Waals surface area contributed by atoms with E-state index in [1.54, 1.807) is 28.8 Å². The molecule has 0 radical (unpaired) electrons. The van der Waals surface area contributed by atoms with Crippen LogP contribution < -0.4 is 10.3 Å². The highest BCUT2D eigenvalue weighted by molar-refractivity contribution is 5.83. The number of rotatable bonds is 9. The van der Waals surface area contributed by atoms with Crippen LogP contribution in [0.3, 0.4) is 0 Å². The smallest absolute Gasteiger partial charge is 0.341 e. The van der Waals surface area contributed by atoms with Crippen molar-refractivity contribution in [2.24, 2.45) is 0 Å². The first-order valence-corrected chi connectivity index (χ1v) is 11.4. The van der Waals surface area contributed by atoms with Gasteiger partial charge in [0.25, 0.3) is 5.56 Å². The van der Waals surface area contributed by atoms with Crippen molar-refractivity contribution in [3.05, 3.63) is 107 Å². The Balaban J connectivity index is 1.52. The van der Waals surface area contributed by atoms with Gasteiger partial charge in [-0.15, -0.1) is 0 Å². The summed E-state index contributed by atoms with van der Waals surface area (Å²) in [5.41, 5.74) is 5.72. The van der Waals surface area contributed by atoms with Gasteiger partial charge in [0, 0.05) is 18.8 Å². The van der Waals surface area contributed by atoms with Crippen molar-refractivity contribution in [3.8, 4) is 33.8 Å². The van der Waals surface area contributed by atoms with Crippen LogP contribution in [0.5, 0.6) is 11.5 Å². The number of carboxylic acids is 1. The second-order valence-electron chi connectivity index (χ2n) is 8.49. The Labute approximate surface area is 203 Å². The summed E-state index contributed by atoms with van der Waals surface area (Å²) in [5.74, 6) is -0.282. The molecule has 0 saturated carbocycles. The molecule has 1 aromatic heterocycles. The molecule has 4 aromatic rings. The van der Waals surface area contributed by atoms with Crippen LogP contribution in [0, 0.1) is 6.92 Å². The Hall–Kier alpha value is -4.32. The second-order valence-corrected chi connectivity index (χ2v) is 8.49. The molecule has 0 saturated heterocycles. The third-order valence-electron chi connectivity index (χ3n) is 5.72. The predicted molar refractivity (Wildman–Crippen MR) is 136 cm³/mol. The summed E-state index contributed by atoms with van der Waals surface area (Å²) in [5, 5.41) is 18.9. The Kier molecular flexibility index (Phi) is 7.31. The van der Waals surface area contributed by atoms with Crippen molar-refractivity contribution in [2.45, 2.75) is 26.3 Å². The van der Waals surface area contributed by atoms with Crippen LogP contribution in [0.2, 0.25) is 0 Å². The lowest BCUT2D eigenvalue weighted by Gasteiger charge is -2.13. The Morgan fingerprint density at radius 3 is 2.43 bits per heavy atom. The van der Waals surface area contributed by atoms with Gasteiger partial charge in [0.05, 0.1) is 0 Å². The summed E-state index contributed by atoms with van der Waals surface area (Å²) >= 11 is 0. The third kappa shape index (κ3) is 6.18. The van der Waals surface area contributed by atoms with E-state index in [1.807, 2.05) is 67.7 Å². The maximum atomic E-state index is 12.5. The molecule has 0 fully saturated rings. The monoisotopic (exact) mass is 469 g/mol. The highest BCUT2D eigenvalue weighted by Crippen LogP contribution is 2.33. The summed E-state index contributed by atoms with van der Waals surface area (Å²) in [6.07, 6.45) is 3.34. The molecule has 35 heavy (non-hydrogen) atoms. The van der Waals surface area contributed by atoms with E-state index in [0.717, 1.165) is 46.2 Å². The molecular formula is C29H27NO5. The number of aliphatic carboxylic acids is 1. The van der Waals surface area contributed by atoms with Crippen molar-refractivity contribution in [3.63, 3.8) is 0 Å². The van der Waals surface area contributed by atoms with Crippen molar-refractivity contribution < 1.29 is 19.7 Å². The highest BCUT2D eigenvalue weighted by atomic mass is 16.5. The highest BCUT2D eigenvalue weighted by Gasteiger charge is 2.10. The summed E-state index contributed by atoms with van der Waals surface area (Å²) in [6, 6.07) is 24.2. The number of aryl methyl sites for hydroxylation is 3. The molecule has 6 nitrogen and oxygen atoms in total. The Morgan fingerprint density at radius 1 is 0.914 bits per heavy atom. The normalized spacial score (nSPS) is 10.8. The largest absolute Gasteiger partial charge is 0.508 e. The number of carbonyl (C=O) groups is 1. The first-order valence-electron chi connectivity index (χ1n) is 11.4. The predicted octanol–water partition coefficient (Wildman–Crippen LogP) is 5.29. The lowest BCUT2D eigenvalue weighted by Crippen LogP contribution is -2.19. The van der Waals surface area contributed by atoms with Gasteiger partial charge in [-0.25, -0.2) is 4.79 Å². The SMILES string of the molecule is Cc1cc(O)cc(-c2ccccc2-c2ccc(=O)n(CCCc3cccc(OCC(=O)O)c3)c2)c1. The number of hydrogen-bond acceptors (Lipinski definition) is 4. The molecule has 1 heterocycles. The van der Waals surface area contributed by atoms with E-state index in [0.29, 0.717) is 12.3 Å². The minimum atomic E-state index is -1.02. The van der Waals surface area contributed by atoms with Crippen LogP contribution in [-0.4, -0.2) is 27.4 Å². The van der Waals surface area contributed by atoms with E-state index >= 15 is 0 Å². The molecule has 6 heteroatoms. The molecule has 0 aliphatic heterocycles. The van der Waals surface area contributed by atoms with Gasteiger partial charge in [0.1, 0.15) is 11.5 Å². The number of carboxylic acid groups (broad SMARTS) is 1. The summed E-state index contributed by atoms with van der Waals surface area (Å²) < 4.78 is 6.96. The number of pyridine rings is 1. The second kappa shape index (κ2) is 10.7. The average Bonchev–Trinajstić information content (AvgIpc) is 2.83. The van der Waals surface area contributed by atoms with Gasteiger partial charge in [-0.2, -0.15) is 0 Å². The van der Waals surface area contributed by atoms with Gasteiger partial charge in [-0.05, 0) is 83.5 Å². The molecule has 0 aliphatic carbocycles. The standard InChI is InChI=1S/C29H27NO5/c1-20-14-23(17-24(31)15-20)27-10-3-2-9-26(27)22-11-12-28(32)30(18-22)13-5-7-21-6-4-8-25(16-21)35-19-29(33)34/h2-4,6,8-12,14-18,31H,5,7,13,19H2,1H3,(H,33,34). The van der Waals surface area contributed by atoms with Gasteiger partial charge >= 0.3 is 5.97 Å². The lowest BCUT2D eigenvalue weighted by atomic mass is 9.94. The molecule has 0 unspecified atom stereocenters. The molecule has 0 spiro atoms. The van der Waals surface area contributed by atoms with Crippen LogP contribution in [-0.2, 0) is 17.8 Å². The summed E-state index contributed by atoms with van der Waals surface area (Å²) in [7, 11) is 0. The fourth-order valence-corrected chi connectivity index (χ4v) is 4.16. The van der Waals surface area contributed by atoms with E-state index in [4.69, 9.17) is 9.84 Å². The van der Waals surface area contributed by atoms with Crippen LogP contribution >= 0.6 is 0 Å². The fourth-order valence-electron chi connectivity index (χ4n) is 4.16. The Bertz CT molecular complexity index is 1390.